The maximum absolute atomic E-state index is 13.0. The Morgan fingerprint density at radius 3 is 2.54 bits per heavy atom. The third-order valence-electron chi connectivity index (χ3n) is 5.54. The number of hydrogen-bond acceptors (Lipinski definition) is 3. The van der Waals surface area contributed by atoms with E-state index in [0.717, 1.165) is 43.0 Å². The van der Waals surface area contributed by atoms with Crippen molar-refractivity contribution < 1.29 is 13.2 Å². The van der Waals surface area contributed by atoms with E-state index in [4.69, 9.17) is 0 Å². The maximum Gasteiger partial charge on any atom is 0.243 e. The highest BCUT2D eigenvalue weighted by molar-refractivity contribution is 7.89. The summed E-state index contributed by atoms with van der Waals surface area (Å²) >= 11 is 0. The molecule has 0 radical (unpaired) electrons. The summed E-state index contributed by atoms with van der Waals surface area (Å²) in [5.74, 6) is 0.0385. The highest BCUT2D eigenvalue weighted by atomic mass is 32.2. The second-order valence-corrected chi connectivity index (χ2v) is 9.61. The van der Waals surface area contributed by atoms with Gasteiger partial charge in [0.25, 0.3) is 0 Å². The fraction of sp³-hybridized carbons (Fsp3) is 0.571. The monoisotopic (exact) mass is 405 g/mol. The Kier molecular flexibility index (Phi) is 6.78. The molecule has 1 fully saturated rings. The molecule has 3 rings (SSSR count). The van der Waals surface area contributed by atoms with Crippen LogP contribution in [0.4, 0.5) is 0 Å². The third-order valence-corrected chi connectivity index (χ3v) is 7.44. The standard InChI is InChI=1S/C21H31N3O3S/c1-3-17(2)22-21(25)11-15-23-14-10-18-16-19(8-9-20(18)23)28(26,27)24-12-6-4-5-7-13-24/h8-10,14,16-17H,3-7,11-13,15H2,1-2H3,(H,22,25)/t17-/m1/s1. The van der Waals surface area contributed by atoms with Crippen LogP contribution in [0.5, 0.6) is 0 Å². The number of aryl methyl sites for hydroxylation is 1. The van der Waals surface area contributed by atoms with Crippen LogP contribution in [-0.4, -0.2) is 42.3 Å². The minimum atomic E-state index is -3.45. The molecule has 154 valence electrons. The average molecular weight is 406 g/mol. The van der Waals surface area contributed by atoms with Crippen molar-refractivity contribution in [3.63, 3.8) is 0 Å². The topological polar surface area (TPSA) is 71.4 Å². The second-order valence-electron chi connectivity index (χ2n) is 7.67. The Labute approximate surface area is 168 Å². The molecule has 1 aliphatic heterocycles. The van der Waals surface area contributed by atoms with E-state index in [1.165, 1.54) is 0 Å². The van der Waals surface area contributed by atoms with Crippen molar-refractivity contribution in [2.24, 2.45) is 0 Å². The van der Waals surface area contributed by atoms with Crippen LogP contribution in [-0.2, 0) is 21.4 Å². The quantitative estimate of drug-likeness (QED) is 0.766. The Balaban J connectivity index is 1.74. The van der Waals surface area contributed by atoms with Crippen molar-refractivity contribution in [3.8, 4) is 0 Å². The molecule has 28 heavy (non-hydrogen) atoms. The van der Waals surface area contributed by atoms with Crippen LogP contribution in [0.15, 0.2) is 35.4 Å². The highest BCUT2D eigenvalue weighted by Gasteiger charge is 2.25. The molecule has 0 saturated carbocycles. The number of carbonyl (C=O) groups is 1. The number of aromatic nitrogens is 1. The van der Waals surface area contributed by atoms with E-state index in [1.807, 2.05) is 36.7 Å². The minimum Gasteiger partial charge on any atom is -0.354 e. The van der Waals surface area contributed by atoms with Gasteiger partial charge in [-0.25, -0.2) is 8.42 Å². The first-order valence-electron chi connectivity index (χ1n) is 10.3. The van der Waals surface area contributed by atoms with Crippen molar-refractivity contribution in [2.45, 2.75) is 69.9 Å². The first-order valence-corrected chi connectivity index (χ1v) is 11.7. The zero-order chi connectivity index (χ0) is 20.1. The molecule has 0 unspecified atom stereocenters. The summed E-state index contributed by atoms with van der Waals surface area (Å²) in [6, 6.07) is 7.40. The molecule has 1 saturated heterocycles. The molecule has 6 nitrogen and oxygen atoms in total. The van der Waals surface area contributed by atoms with E-state index in [2.05, 4.69) is 5.32 Å². The van der Waals surface area contributed by atoms with Crippen LogP contribution in [0, 0.1) is 0 Å². The molecule has 7 heteroatoms. The number of sulfonamides is 1. The first kappa shape index (κ1) is 20.9. The van der Waals surface area contributed by atoms with Crippen molar-refractivity contribution in [2.75, 3.05) is 13.1 Å². The number of nitrogens with zero attached hydrogens (tertiary/aromatic N) is 2. The summed E-state index contributed by atoms with van der Waals surface area (Å²) in [5.41, 5.74) is 0.950. The number of amides is 1. The Bertz CT molecular complexity index is 912. The fourth-order valence-electron chi connectivity index (χ4n) is 3.64. The number of carbonyl (C=O) groups excluding carboxylic acids is 1. The van der Waals surface area contributed by atoms with Gasteiger partial charge in [0.15, 0.2) is 0 Å². The number of hydrogen-bond donors (Lipinski definition) is 1. The van der Waals surface area contributed by atoms with Crippen molar-refractivity contribution in [1.29, 1.82) is 0 Å². The molecule has 0 aliphatic carbocycles. The van der Waals surface area contributed by atoms with Crippen LogP contribution in [0.2, 0.25) is 0 Å². The van der Waals surface area contributed by atoms with E-state index >= 15 is 0 Å². The van der Waals surface area contributed by atoms with Crippen LogP contribution >= 0.6 is 0 Å². The van der Waals surface area contributed by atoms with E-state index in [9.17, 15) is 13.2 Å². The number of rotatable bonds is 7. The van der Waals surface area contributed by atoms with Crippen LogP contribution in [0.25, 0.3) is 10.9 Å². The van der Waals surface area contributed by atoms with Gasteiger partial charge in [-0.1, -0.05) is 19.8 Å². The predicted molar refractivity (Wildman–Crippen MR) is 112 cm³/mol. The van der Waals surface area contributed by atoms with Gasteiger partial charge < -0.3 is 9.88 Å². The van der Waals surface area contributed by atoms with Crippen LogP contribution < -0.4 is 5.32 Å². The molecule has 1 amide bonds. The van der Waals surface area contributed by atoms with Gasteiger partial charge in [0.2, 0.25) is 15.9 Å². The van der Waals surface area contributed by atoms with Crippen LogP contribution in [0.1, 0.15) is 52.4 Å². The van der Waals surface area contributed by atoms with Gasteiger partial charge >= 0.3 is 0 Å². The summed E-state index contributed by atoms with van der Waals surface area (Å²) in [7, 11) is -3.45. The zero-order valence-corrected chi connectivity index (χ0v) is 17.7. The van der Waals surface area contributed by atoms with Crippen molar-refractivity contribution in [1.82, 2.24) is 14.2 Å². The second kappa shape index (κ2) is 9.09. The summed E-state index contributed by atoms with van der Waals surface area (Å²) in [4.78, 5) is 12.4. The molecule has 0 bridgehead atoms. The highest BCUT2D eigenvalue weighted by Crippen LogP contribution is 2.25. The Hall–Kier alpha value is -1.86. The predicted octanol–water partition coefficient (Wildman–Crippen LogP) is 3.51. The van der Waals surface area contributed by atoms with Gasteiger partial charge in [-0.15, -0.1) is 0 Å². The lowest BCUT2D eigenvalue weighted by Crippen LogP contribution is -2.32. The molecule has 1 aromatic heterocycles. The van der Waals surface area contributed by atoms with Gasteiger partial charge in [-0.3, -0.25) is 4.79 Å². The molecule has 1 atom stereocenters. The number of fused-ring (bicyclic) bond motifs is 1. The Morgan fingerprint density at radius 1 is 1.14 bits per heavy atom. The molecule has 1 aromatic carbocycles. The summed E-state index contributed by atoms with van der Waals surface area (Å²) in [6.07, 6.45) is 7.28. The SMILES string of the molecule is CC[C@@H](C)NC(=O)CCn1ccc2cc(S(=O)(=O)N3CCCCCC3)ccc21. The normalized spacial score (nSPS) is 17.4. The molecule has 1 N–H and O–H groups in total. The molecule has 1 aliphatic rings. The van der Waals surface area contributed by atoms with E-state index in [1.54, 1.807) is 16.4 Å². The van der Waals surface area contributed by atoms with Gasteiger partial charge in [-0.05, 0) is 50.5 Å². The lowest BCUT2D eigenvalue weighted by molar-refractivity contribution is -0.121. The van der Waals surface area contributed by atoms with E-state index < -0.39 is 10.0 Å². The lowest BCUT2D eigenvalue weighted by atomic mass is 10.2. The average Bonchev–Trinajstić information content (AvgIpc) is 2.88. The van der Waals surface area contributed by atoms with Gasteiger partial charge in [0, 0.05) is 49.2 Å². The Morgan fingerprint density at radius 2 is 1.86 bits per heavy atom. The van der Waals surface area contributed by atoms with Gasteiger partial charge in [0.05, 0.1) is 4.90 Å². The summed E-state index contributed by atoms with van der Waals surface area (Å²) in [5, 5.41) is 3.86. The van der Waals surface area contributed by atoms with Gasteiger partial charge in [-0.2, -0.15) is 4.31 Å². The molecular weight excluding hydrogens is 374 g/mol. The summed E-state index contributed by atoms with van der Waals surface area (Å²) in [6.45, 7) is 5.82. The smallest absolute Gasteiger partial charge is 0.243 e. The molecule has 2 heterocycles. The summed E-state index contributed by atoms with van der Waals surface area (Å²) < 4.78 is 29.6. The largest absolute Gasteiger partial charge is 0.354 e. The van der Waals surface area contributed by atoms with E-state index in [0.29, 0.717) is 31.0 Å². The lowest BCUT2D eigenvalue weighted by Gasteiger charge is -2.20. The fourth-order valence-corrected chi connectivity index (χ4v) is 5.19. The van der Waals surface area contributed by atoms with Gasteiger partial charge in [0.1, 0.15) is 0 Å². The maximum atomic E-state index is 13.0. The van der Waals surface area contributed by atoms with Crippen molar-refractivity contribution in [3.05, 3.63) is 30.5 Å². The molecule has 2 aromatic rings. The molecular formula is C21H31N3O3S. The molecule has 0 spiro atoms. The zero-order valence-electron chi connectivity index (χ0n) is 16.9. The van der Waals surface area contributed by atoms with E-state index in [-0.39, 0.29) is 11.9 Å². The number of benzene rings is 1. The van der Waals surface area contributed by atoms with Crippen molar-refractivity contribution >= 4 is 26.8 Å². The minimum absolute atomic E-state index is 0.0385. The van der Waals surface area contributed by atoms with Crippen LogP contribution in [0.3, 0.4) is 0 Å². The first-order chi connectivity index (χ1) is 13.4. The third kappa shape index (κ3) is 4.75. The number of nitrogens with one attached hydrogen (secondary N) is 1.